The van der Waals surface area contributed by atoms with E-state index in [1.165, 1.54) is 0 Å². The van der Waals surface area contributed by atoms with E-state index in [1.54, 1.807) is 7.11 Å². The number of nitrogens with two attached hydrogens (primary N) is 1. The highest BCUT2D eigenvalue weighted by molar-refractivity contribution is 14.1. The molecule has 2 N–H and O–H groups in total. The third-order valence-corrected chi connectivity index (χ3v) is 3.65. The molecule has 0 spiro atoms. The van der Waals surface area contributed by atoms with Gasteiger partial charge in [-0.05, 0) is 53.8 Å². The summed E-state index contributed by atoms with van der Waals surface area (Å²) in [6.45, 7) is 1.92. The summed E-state index contributed by atoms with van der Waals surface area (Å²) < 4.78 is 12.4. The predicted molar refractivity (Wildman–Crippen MR) is 84.8 cm³/mol. The van der Waals surface area contributed by atoms with Crippen molar-refractivity contribution in [1.29, 1.82) is 0 Å². The fraction of sp³-hybridized carbons (Fsp3) is 0.200. The van der Waals surface area contributed by atoms with Gasteiger partial charge in [0.05, 0.1) is 16.2 Å². The van der Waals surface area contributed by atoms with Crippen LogP contribution >= 0.6 is 22.6 Å². The largest absolute Gasteiger partial charge is 0.496 e. The van der Waals surface area contributed by atoms with Gasteiger partial charge in [-0.2, -0.15) is 0 Å². The van der Waals surface area contributed by atoms with Gasteiger partial charge in [0.1, 0.15) is 17.2 Å². The summed E-state index contributed by atoms with van der Waals surface area (Å²) >= 11 is 2.25. The number of hydrogen-bond donors (Lipinski definition) is 1. The highest BCUT2D eigenvalue weighted by Gasteiger charge is 2.15. The average Bonchev–Trinajstić information content (AvgIpc) is 2.40. The smallest absolute Gasteiger partial charge is 0.140 e. The molecule has 0 bridgehead atoms. The van der Waals surface area contributed by atoms with Gasteiger partial charge in [0.15, 0.2) is 0 Å². The predicted octanol–water partition coefficient (Wildman–Crippen LogP) is 4.11. The molecular formula is C15H16INO2. The van der Waals surface area contributed by atoms with Gasteiger partial charge in [0, 0.05) is 6.04 Å². The van der Waals surface area contributed by atoms with Crippen molar-refractivity contribution in [1.82, 2.24) is 0 Å². The first-order valence-corrected chi connectivity index (χ1v) is 7.06. The molecule has 3 nitrogen and oxygen atoms in total. The van der Waals surface area contributed by atoms with E-state index in [9.17, 15) is 0 Å². The number of halogens is 1. The molecule has 2 rings (SSSR count). The zero-order chi connectivity index (χ0) is 13.8. The van der Waals surface area contributed by atoms with Gasteiger partial charge in [-0.25, -0.2) is 0 Å². The molecule has 0 radical (unpaired) electrons. The van der Waals surface area contributed by atoms with Crippen LogP contribution in [0.4, 0.5) is 0 Å². The van der Waals surface area contributed by atoms with Crippen LogP contribution in [0.2, 0.25) is 0 Å². The van der Waals surface area contributed by atoms with Crippen molar-refractivity contribution in [3.8, 4) is 17.2 Å². The average molecular weight is 369 g/mol. The van der Waals surface area contributed by atoms with E-state index in [-0.39, 0.29) is 6.04 Å². The van der Waals surface area contributed by atoms with Crippen molar-refractivity contribution in [2.24, 2.45) is 5.73 Å². The number of ether oxygens (including phenoxy) is 2. The fourth-order valence-electron chi connectivity index (χ4n) is 1.89. The van der Waals surface area contributed by atoms with Gasteiger partial charge >= 0.3 is 0 Å². The highest BCUT2D eigenvalue weighted by Crippen LogP contribution is 2.36. The second-order valence-electron chi connectivity index (χ2n) is 4.19. The number of methoxy groups -OCH3 is 1. The lowest BCUT2D eigenvalue weighted by Crippen LogP contribution is -2.08. The topological polar surface area (TPSA) is 44.5 Å². The zero-order valence-corrected chi connectivity index (χ0v) is 13.0. The summed E-state index contributed by atoms with van der Waals surface area (Å²) in [5, 5.41) is 0. The standard InChI is InChI=1S/C15H16INO2/c1-10(17)15-13(18-2)8-5-9-14(15)19-12-7-4-3-6-11(12)16/h3-10H,17H2,1-2H3. The third-order valence-electron chi connectivity index (χ3n) is 2.76. The molecule has 0 amide bonds. The van der Waals surface area contributed by atoms with Crippen LogP contribution in [-0.2, 0) is 0 Å². The zero-order valence-electron chi connectivity index (χ0n) is 10.9. The molecule has 0 aromatic heterocycles. The van der Waals surface area contributed by atoms with Crippen LogP contribution < -0.4 is 15.2 Å². The Kier molecular flexibility index (Phi) is 4.66. The molecule has 0 heterocycles. The van der Waals surface area contributed by atoms with Crippen LogP contribution in [0.25, 0.3) is 0 Å². The highest BCUT2D eigenvalue weighted by atomic mass is 127. The molecule has 0 aliphatic rings. The van der Waals surface area contributed by atoms with E-state index in [1.807, 2.05) is 49.4 Å². The number of benzene rings is 2. The van der Waals surface area contributed by atoms with E-state index in [0.29, 0.717) is 0 Å². The third kappa shape index (κ3) is 3.19. The minimum absolute atomic E-state index is 0.160. The first kappa shape index (κ1) is 14.1. The first-order chi connectivity index (χ1) is 9.13. The van der Waals surface area contributed by atoms with Crippen molar-refractivity contribution >= 4 is 22.6 Å². The Morgan fingerprint density at radius 3 is 2.26 bits per heavy atom. The molecule has 4 heteroatoms. The summed E-state index contributed by atoms with van der Waals surface area (Å²) in [6.07, 6.45) is 0. The van der Waals surface area contributed by atoms with E-state index >= 15 is 0 Å². The summed E-state index contributed by atoms with van der Waals surface area (Å²) in [4.78, 5) is 0. The molecule has 1 atom stereocenters. The minimum atomic E-state index is -0.160. The molecule has 0 aliphatic heterocycles. The Hall–Kier alpha value is -1.27. The van der Waals surface area contributed by atoms with Gasteiger partial charge in [0.25, 0.3) is 0 Å². The molecule has 1 unspecified atom stereocenters. The van der Waals surface area contributed by atoms with Crippen molar-refractivity contribution in [2.45, 2.75) is 13.0 Å². The van der Waals surface area contributed by atoms with Crippen LogP contribution in [0.3, 0.4) is 0 Å². The molecule has 19 heavy (non-hydrogen) atoms. The molecule has 0 saturated carbocycles. The van der Waals surface area contributed by atoms with E-state index in [4.69, 9.17) is 15.2 Å². The normalized spacial score (nSPS) is 12.0. The van der Waals surface area contributed by atoms with Gasteiger partial charge in [-0.3, -0.25) is 0 Å². The van der Waals surface area contributed by atoms with E-state index in [2.05, 4.69) is 22.6 Å². The van der Waals surface area contributed by atoms with E-state index < -0.39 is 0 Å². The Bertz CT molecular complexity index is 570. The lowest BCUT2D eigenvalue weighted by Gasteiger charge is -2.17. The first-order valence-electron chi connectivity index (χ1n) is 5.98. The van der Waals surface area contributed by atoms with Gasteiger partial charge in [-0.1, -0.05) is 18.2 Å². The van der Waals surface area contributed by atoms with Crippen molar-refractivity contribution in [2.75, 3.05) is 7.11 Å². The Morgan fingerprint density at radius 2 is 1.63 bits per heavy atom. The maximum absolute atomic E-state index is 6.02. The monoisotopic (exact) mass is 369 g/mol. The van der Waals surface area contributed by atoms with Gasteiger partial charge in [-0.15, -0.1) is 0 Å². The second kappa shape index (κ2) is 6.25. The maximum Gasteiger partial charge on any atom is 0.140 e. The molecule has 0 fully saturated rings. The molecule has 100 valence electrons. The van der Waals surface area contributed by atoms with Crippen LogP contribution in [0.15, 0.2) is 42.5 Å². The minimum Gasteiger partial charge on any atom is -0.496 e. The van der Waals surface area contributed by atoms with Gasteiger partial charge < -0.3 is 15.2 Å². The maximum atomic E-state index is 6.02. The SMILES string of the molecule is COc1cccc(Oc2ccccc2I)c1C(C)N. The van der Waals surface area contributed by atoms with Crippen molar-refractivity contribution in [3.63, 3.8) is 0 Å². The summed E-state index contributed by atoms with van der Waals surface area (Å²) in [6, 6.07) is 13.4. The van der Waals surface area contributed by atoms with Crippen LogP contribution in [0.1, 0.15) is 18.5 Å². The van der Waals surface area contributed by atoms with Crippen LogP contribution in [0.5, 0.6) is 17.2 Å². The van der Waals surface area contributed by atoms with Crippen LogP contribution in [-0.4, -0.2) is 7.11 Å². The number of rotatable bonds is 4. The van der Waals surface area contributed by atoms with Crippen LogP contribution in [0, 0.1) is 3.57 Å². The van der Waals surface area contributed by atoms with Gasteiger partial charge in [0.2, 0.25) is 0 Å². The second-order valence-corrected chi connectivity index (χ2v) is 5.36. The quantitative estimate of drug-likeness (QED) is 0.825. The number of hydrogen-bond acceptors (Lipinski definition) is 3. The Labute approximate surface area is 126 Å². The molecule has 0 aliphatic carbocycles. The molecule has 0 saturated heterocycles. The lowest BCUT2D eigenvalue weighted by atomic mass is 10.1. The van der Waals surface area contributed by atoms with Crippen molar-refractivity contribution < 1.29 is 9.47 Å². The molecule has 2 aromatic carbocycles. The summed E-state index contributed by atoms with van der Waals surface area (Å²) in [5.41, 5.74) is 6.90. The summed E-state index contributed by atoms with van der Waals surface area (Å²) in [7, 11) is 1.64. The number of para-hydroxylation sites is 1. The fourth-order valence-corrected chi connectivity index (χ4v) is 2.38. The lowest BCUT2D eigenvalue weighted by molar-refractivity contribution is 0.397. The molecular weight excluding hydrogens is 353 g/mol. The Balaban J connectivity index is 2.43. The molecule has 2 aromatic rings. The Morgan fingerprint density at radius 1 is 1.00 bits per heavy atom. The summed E-state index contributed by atoms with van der Waals surface area (Å²) in [5.74, 6) is 2.30. The van der Waals surface area contributed by atoms with Crippen molar-refractivity contribution in [3.05, 3.63) is 51.6 Å². The van der Waals surface area contributed by atoms with E-state index in [0.717, 1.165) is 26.4 Å².